The van der Waals surface area contributed by atoms with Crippen molar-refractivity contribution in [2.45, 2.75) is 38.9 Å². The van der Waals surface area contributed by atoms with Gasteiger partial charge in [-0.3, -0.25) is 0 Å². The number of aryl methyl sites for hydroxylation is 3. The van der Waals surface area contributed by atoms with E-state index in [9.17, 15) is 22.3 Å². The summed E-state index contributed by atoms with van der Waals surface area (Å²) in [6.45, 7) is 1.50. The van der Waals surface area contributed by atoms with Gasteiger partial charge in [0, 0.05) is 48.3 Å². The first-order valence-electron chi connectivity index (χ1n) is 12.6. The molecule has 218 valence electrons. The second-order valence-electron chi connectivity index (χ2n) is 9.57. The highest BCUT2D eigenvalue weighted by Gasteiger charge is 2.23. The molecule has 3 aromatic heterocycles. The third kappa shape index (κ3) is 5.65. The van der Waals surface area contributed by atoms with E-state index in [1.807, 2.05) is 24.6 Å². The molecule has 0 saturated carbocycles. The number of sulfone groups is 1. The third-order valence-corrected chi connectivity index (χ3v) is 7.67. The molecule has 5 aromatic rings. The minimum Gasteiger partial charge on any atom is -0.440 e. The summed E-state index contributed by atoms with van der Waals surface area (Å²) in [6.07, 6.45) is 4.09. The van der Waals surface area contributed by atoms with Crippen molar-refractivity contribution >= 4 is 9.84 Å². The number of rotatable bonds is 8. The molecule has 2 aromatic carbocycles. The van der Waals surface area contributed by atoms with Gasteiger partial charge in [-0.25, -0.2) is 27.8 Å². The number of imidazole rings is 1. The fraction of sp³-hybridized carbons (Fsp3) is 0.207. The predicted octanol–water partition coefficient (Wildman–Crippen LogP) is 5.82. The van der Waals surface area contributed by atoms with Crippen LogP contribution in [0.25, 0.3) is 39.4 Å². The normalized spacial score (nSPS) is 11.8. The number of oxazole rings is 1. The van der Waals surface area contributed by atoms with Crippen LogP contribution in [-0.4, -0.2) is 45.9 Å². The van der Waals surface area contributed by atoms with Gasteiger partial charge in [0.05, 0.1) is 22.9 Å². The van der Waals surface area contributed by atoms with E-state index in [-0.39, 0.29) is 27.7 Å². The smallest absolute Gasteiger partial charge is 0.388 e. The zero-order valence-corrected chi connectivity index (χ0v) is 23.7. The number of aliphatic hydroxyl groups excluding tert-OH is 1. The maximum Gasteiger partial charge on any atom is 0.388 e. The Labute approximate surface area is 239 Å². The highest BCUT2D eigenvalue weighted by molar-refractivity contribution is 7.90. The number of ether oxygens (including phenoxy) is 1. The summed E-state index contributed by atoms with van der Waals surface area (Å²) < 4.78 is 77.3. The van der Waals surface area contributed by atoms with E-state index >= 15 is 4.39 Å². The Morgan fingerprint density at radius 2 is 1.76 bits per heavy atom. The minimum absolute atomic E-state index is 0.258. The first-order chi connectivity index (χ1) is 19.8. The largest absolute Gasteiger partial charge is 0.440 e. The van der Waals surface area contributed by atoms with Crippen molar-refractivity contribution in [1.29, 1.82) is 0 Å². The molecule has 0 amide bonds. The number of alkyl halides is 2. The second kappa shape index (κ2) is 11.1. The van der Waals surface area contributed by atoms with Gasteiger partial charge in [-0.1, -0.05) is 6.07 Å². The van der Waals surface area contributed by atoms with E-state index in [1.54, 1.807) is 25.1 Å². The van der Waals surface area contributed by atoms with Gasteiger partial charge in [-0.15, -0.1) is 0 Å². The minimum atomic E-state index is -3.87. The molecule has 0 fully saturated rings. The fourth-order valence-electron chi connectivity index (χ4n) is 4.72. The zero-order valence-electron chi connectivity index (χ0n) is 22.9. The van der Waals surface area contributed by atoms with Gasteiger partial charge in [0.15, 0.2) is 21.5 Å². The molecule has 5 rings (SSSR count). The first-order valence-corrected chi connectivity index (χ1v) is 14.4. The summed E-state index contributed by atoms with van der Waals surface area (Å²) in [5.41, 5.74) is 3.14. The number of aromatic nitrogens is 4. The van der Waals surface area contributed by atoms with Gasteiger partial charge in [0.1, 0.15) is 17.3 Å². The van der Waals surface area contributed by atoms with Gasteiger partial charge >= 0.3 is 6.61 Å². The molecule has 0 atom stereocenters. The van der Waals surface area contributed by atoms with Crippen LogP contribution in [-0.2, 0) is 16.4 Å². The van der Waals surface area contributed by atoms with Crippen LogP contribution >= 0.6 is 0 Å². The molecule has 0 saturated heterocycles. The van der Waals surface area contributed by atoms with Crippen LogP contribution in [0, 0.1) is 26.6 Å². The van der Waals surface area contributed by atoms with Crippen LogP contribution in [0.5, 0.6) is 5.88 Å². The van der Waals surface area contributed by atoms with E-state index in [0.717, 1.165) is 18.0 Å². The monoisotopic (exact) mass is 598 g/mol. The maximum atomic E-state index is 15.0. The number of halogens is 3. The van der Waals surface area contributed by atoms with Gasteiger partial charge in [-0.05, 0) is 55.3 Å². The second-order valence-corrected chi connectivity index (χ2v) is 11.6. The van der Waals surface area contributed by atoms with Crippen molar-refractivity contribution < 1.29 is 35.8 Å². The van der Waals surface area contributed by atoms with Crippen molar-refractivity contribution in [3.63, 3.8) is 0 Å². The standard InChI is InChI=1S/C29H25F3N4O5S/c1-15-13-36(16(2)34-15)24-7-5-18(20-10-23(30)22(14-37)25(11-20)42(4,38)39)9-21(24)27-28(40-17(3)35-27)19-6-8-26(33-12-19)41-29(31)32/h5-13,29,37H,14H2,1-4H3. The van der Waals surface area contributed by atoms with Crippen LogP contribution < -0.4 is 4.74 Å². The number of aliphatic hydroxyl groups is 1. The topological polar surface area (TPSA) is 120 Å². The van der Waals surface area contributed by atoms with E-state index in [2.05, 4.69) is 19.7 Å². The number of hydrogen-bond acceptors (Lipinski definition) is 8. The van der Waals surface area contributed by atoms with Gasteiger partial charge < -0.3 is 18.8 Å². The molecular formula is C29H25F3N4O5S. The van der Waals surface area contributed by atoms with Crippen molar-refractivity contribution in [2.24, 2.45) is 0 Å². The summed E-state index contributed by atoms with van der Waals surface area (Å²) in [5, 5.41) is 9.63. The molecule has 0 spiro atoms. The van der Waals surface area contributed by atoms with Crippen molar-refractivity contribution in [3.8, 4) is 45.3 Å². The molecule has 0 aliphatic heterocycles. The summed E-state index contributed by atoms with van der Waals surface area (Å²) in [4.78, 5) is 12.7. The Morgan fingerprint density at radius 3 is 2.36 bits per heavy atom. The zero-order chi connectivity index (χ0) is 30.3. The Hall–Kier alpha value is -4.49. The molecule has 42 heavy (non-hydrogen) atoms. The summed E-state index contributed by atoms with van der Waals surface area (Å²) >= 11 is 0. The Kier molecular flexibility index (Phi) is 7.64. The maximum absolute atomic E-state index is 15.0. The number of nitrogens with zero attached hydrogens (tertiary/aromatic N) is 4. The molecule has 0 bridgehead atoms. The van der Waals surface area contributed by atoms with Crippen LogP contribution in [0.2, 0.25) is 0 Å². The third-order valence-electron chi connectivity index (χ3n) is 6.50. The average Bonchev–Trinajstić information content (AvgIpc) is 3.48. The molecule has 1 N–H and O–H groups in total. The van der Waals surface area contributed by atoms with E-state index in [4.69, 9.17) is 4.42 Å². The quantitative estimate of drug-likeness (QED) is 0.237. The molecule has 13 heteroatoms. The number of benzene rings is 2. The molecule has 0 aliphatic carbocycles. The molecule has 0 aliphatic rings. The Bertz CT molecular complexity index is 1900. The lowest BCUT2D eigenvalue weighted by Crippen LogP contribution is -2.06. The van der Waals surface area contributed by atoms with E-state index in [0.29, 0.717) is 39.8 Å². The summed E-state index contributed by atoms with van der Waals surface area (Å²) in [6, 6.07) is 10.4. The molecule has 0 unspecified atom stereocenters. The van der Waals surface area contributed by atoms with E-state index in [1.165, 1.54) is 24.4 Å². The van der Waals surface area contributed by atoms with Crippen LogP contribution in [0.4, 0.5) is 13.2 Å². The SMILES string of the molecule is Cc1cn(-c2ccc(-c3cc(F)c(CO)c(S(C)(=O)=O)c3)cc2-c2nc(C)oc2-c2ccc(OC(F)F)nc2)c(C)n1. The van der Waals surface area contributed by atoms with Crippen LogP contribution in [0.3, 0.4) is 0 Å². The Morgan fingerprint density at radius 1 is 1.02 bits per heavy atom. The summed E-state index contributed by atoms with van der Waals surface area (Å²) in [7, 11) is -3.87. The lowest BCUT2D eigenvalue weighted by atomic mass is 9.97. The van der Waals surface area contributed by atoms with Gasteiger partial charge in [0.25, 0.3) is 0 Å². The highest BCUT2D eigenvalue weighted by atomic mass is 32.2. The molecule has 3 heterocycles. The van der Waals surface area contributed by atoms with E-state index < -0.39 is 28.9 Å². The van der Waals surface area contributed by atoms with Crippen molar-refractivity contribution in [2.75, 3.05) is 6.26 Å². The van der Waals surface area contributed by atoms with Crippen molar-refractivity contribution in [1.82, 2.24) is 19.5 Å². The summed E-state index contributed by atoms with van der Waals surface area (Å²) in [5.74, 6) is 0.137. The van der Waals surface area contributed by atoms with Gasteiger partial charge in [0.2, 0.25) is 5.88 Å². The number of hydrogen-bond donors (Lipinski definition) is 1. The first kappa shape index (κ1) is 29.0. The van der Waals surface area contributed by atoms with Crippen LogP contribution in [0.15, 0.2) is 64.2 Å². The fourth-order valence-corrected chi connectivity index (χ4v) is 5.67. The number of pyridine rings is 1. The van der Waals surface area contributed by atoms with Gasteiger partial charge in [-0.2, -0.15) is 8.78 Å². The molecule has 0 radical (unpaired) electrons. The average molecular weight is 599 g/mol. The molecule has 9 nitrogen and oxygen atoms in total. The van der Waals surface area contributed by atoms with Crippen molar-refractivity contribution in [3.05, 3.63) is 83.6 Å². The Balaban J connectivity index is 1.74. The lowest BCUT2D eigenvalue weighted by molar-refractivity contribution is -0.0528. The molecular weight excluding hydrogens is 573 g/mol. The predicted molar refractivity (Wildman–Crippen MR) is 148 cm³/mol. The highest BCUT2D eigenvalue weighted by Crippen LogP contribution is 2.39. The van der Waals surface area contributed by atoms with Crippen LogP contribution in [0.1, 0.15) is 23.0 Å². The lowest BCUT2D eigenvalue weighted by Gasteiger charge is -2.15.